The number of nitrogens with zero attached hydrogens (tertiary/aromatic N) is 3. The van der Waals surface area contributed by atoms with Crippen LogP contribution in [0.2, 0.25) is 0 Å². The molecule has 2 aromatic rings. The molecule has 0 spiro atoms. The van der Waals surface area contributed by atoms with Gasteiger partial charge in [-0.2, -0.15) is 0 Å². The number of benzene rings is 1. The van der Waals surface area contributed by atoms with Crippen LogP contribution in [0.1, 0.15) is 36.1 Å². The highest BCUT2D eigenvalue weighted by atomic mass is 16.6. The second kappa shape index (κ2) is 7.68. The lowest BCUT2D eigenvalue weighted by atomic mass is 9.89. The number of hydrogen-bond acceptors (Lipinski definition) is 6. The zero-order valence-corrected chi connectivity index (χ0v) is 15.7. The number of ether oxygens (including phenoxy) is 1. The van der Waals surface area contributed by atoms with Gasteiger partial charge in [0.1, 0.15) is 17.8 Å². The van der Waals surface area contributed by atoms with Crippen molar-refractivity contribution >= 4 is 5.91 Å². The van der Waals surface area contributed by atoms with Crippen LogP contribution in [0.5, 0.6) is 5.88 Å². The highest BCUT2D eigenvalue weighted by Crippen LogP contribution is 2.36. The molecule has 0 bridgehead atoms. The minimum absolute atomic E-state index is 0.0965. The molecule has 2 aliphatic rings. The van der Waals surface area contributed by atoms with Crippen molar-refractivity contribution in [1.82, 2.24) is 20.5 Å². The molecule has 0 saturated carbocycles. The van der Waals surface area contributed by atoms with Crippen LogP contribution in [-0.2, 0) is 17.6 Å². The highest BCUT2D eigenvalue weighted by molar-refractivity contribution is 5.88. The van der Waals surface area contributed by atoms with Gasteiger partial charge in [-0.25, -0.2) is 4.63 Å². The maximum absolute atomic E-state index is 13.3. The van der Waals surface area contributed by atoms with E-state index < -0.39 is 5.54 Å². The van der Waals surface area contributed by atoms with Crippen molar-refractivity contribution in [2.24, 2.45) is 0 Å². The minimum atomic E-state index is -0.477. The minimum Gasteiger partial charge on any atom is -0.472 e. The zero-order chi connectivity index (χ0) is 18.7. The van der Waals surface area contributed by atoms with Crippen LogP contribution in [0.15, 0.2) is 28.9 Å². The van der Waals surface area contributed by atoms with Gasteiger partial charge >= 0.3 is 0 Å². The number of amides is 1. The summed E-state index contributed by atoms with van der Waals surface area (Å²) < 4.78 is 10.2. The van der Waals surface area contributed by atoms with Crippen molar-refractivity contribution in [3.63, 3.8) is 0 Å². The molecular formula is C20H26N4O3. The normalized spacial score (nSPS) is 18.9. The fourth-order valence-electron chi connectivity index (χ4n) is 4.28. The number of rotatable bonds is 6. The van der Waals surface area contributed by atoms with E-state index in [9.17, 15) is 4.79 Å². The Kier molecular flexibility index (Phi) is 5.11. The molecule has 0 atom stereocenters. The van der Waals surface area contributed by atoms with Crippen molar-refractivity contribution in [2.45, 2.75) is 44.6 Å². The van der Waals surface area contributed by atoms with Crippen LogP contribution >= 0.6 is 0 Å². The van der Waals surface area contributed by atoms with Crippen LogP contribution in [0.4, 0.5) is 0 Å². The molecule has 1 aliphatic heterocycles. The molecule has 27 heavy (non-hydrogen) atoms. The number of piperidine rings is 1. The molecule has 2 heterocycles. The van der Waals surface area contributed by atoms with Gasteiger partial charge in [-0.15, -0.1) is 0 Å². The predicted octanol–water partition coefficient (Wildman–Crippen LogP) is 1.90. The fraction of sp³-hybridized carbons (Fsp3) is 0.550. The monoisotopic (exact) mass is 370 g/mol. The summed E-state index contributed by atoms with van der Waals surface area (Å²) in [7, 11) is 0. The SMILES string of the molecule is Cc1nonc1OCCNC(=O)C1(N2CCCCC2)Cc2ccccc2C1. The van der Waals surface area contributed by atoms with E-state index in [1.54, 1.807) is 6.92 Å². The number of aromatic nitrogens is 2. The van der Waals surface area contributed by atoms with E-state index in [2.05, 4.69) is 49.4 Å². The van der Waals surface area contributed by atoms with E-state index in [-0.39, 0.29) is 5.91 Å². The lowest BCUT2D eigenvalue weighted by Gasteiger charge is -2.42. The van der Waals surface area contributed by atoms with E-state index in [4.69, 9.17) is 4.74 Å². The van der Waals surface area contributed by atoms with E-state index in [0.29, 0.717) is 24.7 Å². The van der Waals surface area contributed by atoms with Gasteiger partial charge in [0.2, 0.25) is 5.91 Å². The van der Waals surface area contributed by atoms with Gasteiger partial charge in [0.25, 0.3) is 5.88 Å². The Labute approximate surface area is 159 Å². The summed E-state index contributed by atoms with van der Waals surface area (Å²) in [6, 6.07) is 8.42. The number of carbonyl (C=O) groups is 1. The Hall–Kier alpha value is -2.41. The van der Waals surface area contributed by atoms with E-state index >= 15 is 0 Å². The average molecular weight is 370 g/mol. The summed E-state index contributed by atoms with van der Waals surface area (Å²) in [6.07, 6.45) is 5.13. The Morgan fingerprint density at radius 3 is 2.52 bits per heavy atom. The maximum atomic E-state index is 13.3. The first-order chi connectivity index (χ1) is 13.2. The first kappa shape index (κ1) is 18.0. The van der Waals surface area contributed by atoms with Gasteiger partial charge in [-0.05, 0) is 49.1 Å². The van der Waals surface area contributed by atoms with Crippen LogP contribution in [-0.4, -0.2) is 52.9 Å². The van der Waals surface area contributed by atoms with Gasteiger partial charge < -0.3 is 10.1 Å². The first-order valence-corrected chi connectivity index (χ1v) is 9.71. The van der Waals surface area contributed by atoms with Crippen molar-refractivity contribution in [1.29, 1.82) is 0 Å². The van der Waals surface area contributed by atoms with Crippen molar-refractivity contribution in [2.75, 3.05) is 26.2 Å². The van der Waals surface area contributed by atoms with Gasteiger partial charge in [0, 0.05) is 12.8 Å². The molecule has 1 saturated heterocycles. The third kappa shape index (κ3) is 3.56. The molecule has 1 aromatic carbocycles. The van der Waals surface area contributed by atoms with E-state index in [1.807, 2.05) is 0 Å². The Morgan fingerprint density at radius 1 is 1.19 bits per heavy atom. The molecular weight excluding hydrogens is 344 g/mol. The summed E-state index contributed by atoms with van der Waals surface area (Å²) in [5, 5.41) is 10.5. The molecule has 144 valence electrons. The lowest BCUT2D eigenvalue weighted by molar-refractivity contribution is -0.134. The molecule has 7 heteroatoms. The number of nitrogens with one attached hydrogen (secondary N) is 1. The largest absolute Gasteiger partial charge is 0.472 e. The summed E-state index contributed by atoms with van der Waals surface area (Å²) in [6.45, 7) is 4.51. The predicted molar refractivity (Wildman–Crippen MR) is 99.5 cm³/mol. The first-order valence-electron chi connectivity index (χ1n) is 9.71. The number of carbonyl (C=O) groups excluding carboxylic acids is 1. The van der Waals surface area contributed by atoms with Crippen LogP contribution in [0.3, 0.4) is 0 Å². The van der Waals surface area contributed by atoms with Crippen molar-refractivity contribution in [3.8, 4) is 5.88 Å². The quantitative estimate of drug-likeness (QED) is 0.782. The van der Waals surface area contributed by atoms with E-state index in [0.717, 1.165) is 38.8 Å². The highest BCUT2D eigenvalue weighted by Gasteiger charge is 2.48. The smallest absolute Gasteiger partial charge is 0.278 e. The van der Waals surface area contributed by atoms with Crippen LogP contribution < -0.4 is 10.1 Å². The summed E-state index contributed by atoms with van der Waals surface area (Å²) in [5.74, 6) is 0.475. The molecule has 1 aromatic heterocycles. The van der Waals surface area contributed by atoms with Crippen LogP contribution in [0.25, 0.3) is 0 Å². The van der Waals surface area contributed by atoms with Gasteiger partial charge in [0.15, 0.2) is 0 Å². The summed E-state index contributed by atoms with van der Waals surface area (Å²) in [4.78, 5) is 15.7. The molecule has 1 fully saturated rings. The Bertz CT molecular complexity index is 773. The number of hydrogen-bond donors (Lipinski definition) is 1. The second-order valence-corrected chi connectivity index (χ2v) is 7.46. The molecule has 1 aliphatic carbocycles. The lowest BCUT2D eigenvalue weighted by Crippen LogP contribution is -2.61. The number of fused-ring (bicyclic) bond motifs is 1. The third-order valence-corrected chi connectivity index (χ3v) is 5.71. The third-order valence-electron chi connectivity index (χ3n) is 5.71. The van der Waals surface area contributed by atoms with Crippen molar-refractivity contribution in [3.05, 3.63) is 41.1 Å². The zero-order valence-electron chi connectivity index (χ0n) is 15.7. The fourth-order valence-corrected chi connectivity index (χ4v) is 4.28. The van der Waals surface area contributed by atoms with Crippen LogP contribution in [0, 0.1) is 6.92 Å². The standard InChI is InChI=1S/C20H26N4O3/c1-15-18(23-27-22-15)26-12-9-21-19(25)20(24-10-5-2-6-11-24)13-16-7-3-4-8-17(16)14-20/h3-4,7-8H,2,5-6,9-14H2,1H3,(H,21,25). The Balaban J connectivity index is 1.43. The van der Waals surface area contributed by atoms with E-state index in [1.165, 1.54) is 17.5 Å². The van der Waals surface area contributed by atoms with Gasteiger partial charge in [-0.3, -0.25) is 9.69 Å². The molecule has 7 nitrogen and oxygen atoms in total. The number of likely N-dealkylation sites (tertiary alicyclic amines) is 1. The second-order valence-electron chi connectivity index (χ2n) is 7.46. The Morgan fingerprint density at radius 2 is 1.89 bits per heavy atom. The van der Waals surface area contributed by atoms with Crippen molar-refractivity contribution < 1.29 is 14.2 Å². The maximum Gasteiger partial charge on any atom is 0.278 e. The summed E-state index contributed by atoms with van der Waals surface area (Å²) >= 11 is 0. The molecule has 4 rings (SSSR count). The van der Waals surface area contributed by atoms with Gasteiger partial charge in [0.05, 0.1) is 6.54 Å². The molecule has 1 amide bonds. The molecule has 0 unspecified atom stereocenters. The number of aryl methyl sites for hydroxylation is 1. The molecule has 0 radical (unpaired) electrons. The molecule has 1 N–H and O–H groups in total. The van der Waals surface area contributed by atoms with Gasteiger partial charge in [-0.1, -0.05) is 35.8 Å². The topological polar surface area (TPSA) is 80.5 Å². The summed E-state index contributed by atoms with van der Waals surface area (Å²) in [5.41, 5.74) is 2.71. The average Bonchev–Trinajstić information content (AvgIpc) is 3.30.